The lowest BCUT2D eigenvalue weighted by molar-refractivity contribution is 0.147. The van der Waals surface area contributed by atoms with Crippen LogP contribution in [0, 0.1) is 5.92 Å². The Kier molecular flexibility index (Phi) is 12.1. The van der Waals surface area contributed by atoms with Gasteiger partial charge in [-0.1, -0.05) is 11.6 Å². The van der Waals surface area contributed by atoms with Gasteiger partial charge in [0.2, 0.25) is 0 Å². The molecule has 1 heterocycles. The average Bonchev–Trinajstić information content (AvgIpc) is 2.48. The maximum absolute atomic E-state index is 5.86. The third kappa shape index (κ3) is 9.02. The number of likely N-dealkylation sites (tertiary alicyclic amines) is 1. The SMILES string of the molecule is CN(C)CCC1CCN(CCOc2ccc(Cl)cc2)CC1.Cl.Cl. The lowest BCUT2D eigenvalue weighted by Crippen LogP contribution is -2.37. The summed E-state index contributed by atoms with van der Waals surface area (Å²) in [6, 6.07) is 7.59. The summed E-state index contributed by atoms with van der Waals surface area (Å²) in [6.45, 7) is 5.40. The van der Waals surface area contributed by atoms with Gasteiger partial charge in [0.1, 0.15) is 12.4 Å². The van der Waals surface area contributed by atoms with Crippen LogP contribution in [0.3, 0.4) is 0 Å². The van der Waals surface area contributed by atoms with Crippen LogP contribution in [-0.4, -0.2) is 56.7 Å². The molecular formula is C17H29Cl3N2O. The number of nitrogens with zero attached hydrogens (tertiary/aromatic N) is 2. The first-order valence-corrected chi connectivity index (χ1v) is 8.27. The van der Waals surface area contributed by atoms with Gasteiger partial charge < -0.3 is 9.64 Å². The zero-order valence-corrected chi connectivity index (χ0v) is 16.4. The molecule has 6 heteroatoms. The Morgan fingerprint density at radius 2 is 1.74 bits per heavy atom. The molecule has 0 aromatic heterocycles. The molecule has 23 heavy (non-hydrogen) atoms. The number of benzene rings is 1. The van der Waals surface area contributed by atoms with Crippen molar-refractivity contribution in [2.75, 3.05) is 46.9 Å². The number of halogens is 3. The van der Waals surface area contributed by atoms with Gasteiger partial charge >= 0.3 is 0 Å². The van der Waals surface area contributed by atoms with Crippen molar-refractivity contribution in [1.82, 2.24) is 9.80 Å². The monoisotopic (exact) mass is 382 g/mol. The molecule has 0 saturated carbocycles. The quantitative estimate of drug-likeness (QED) is 0.701. The van der Waals surface area contributed by atoms with Gasteiger partial charge in [-0.3, -0.25) is 4.90 Å². The van der Waals surface area contributed by atoms with Crippen LogP contribution < -0.4 is 4.74 Å². The van der Waals surface area contributed by atoms with Crippen molar-refractivity contribution in [3.63, 3.8) is 0 Å². The highest BCUT2D eigenvalue weighted by Crippen LogP contribution is 2.20. The third-order valence-corrected chi connectivity index (χ3v) is 4.43. The second-order valence-electron chi connectivity index (χ2n) is 6.18. The molecule has 0 N–H and O–H groups in total. The maximum Gasteiger partial charge on any atom is 0.119 e. The van der Waals surface area contributed by atoms with Gasteiger partial charge in [-0.25, -0.2) is 0 Å². The minimum Gasteiger partial charge on any atom is -0.492 e. The van der Waals surface area contributed by atoms with E-state index in [0.29, 0.717) is 0 Å². The van der Waals surface area contributed by atoms with E-state index in [0.717, 1.165) is 29.8 Å². The van der Waals surface area contributed by atoms with Crippen LogP contribution in [0.25, 0.3) is 0 Å². The van der Waals surface area contributed by atoms with E-state index in [-0.39, 0.29) is 24.8 Å². The molecule has 1 aromatic carbocycles. The molecular weight excluding hydrogens is 355 g/mol. The highest BCUT2D eigenvalue weighted by molar-refractivity contribution is 6.30. The van der Waals surface area contributed by atoms with E-state index in [2.05, 4.69) is 23.9 Å². The normalized spacial score (nSPS) is 15.8. The number of hydrogen-bond acceptors (Lipinski definition) is 3. The van der Waals surface area contributed by atoms with Crippen molar-refractivity contribution in [3.8, 4) is 5.75 Å². The van der Waals surface area contributed by atoms with Crippen LogP contribution in [0.15, 0.2) is 24.3 Å². The van der Waals surface area contributed by atoms with Crippen LogP contribution in [0.4, 0.5) is 0 Å². The third-order valence-electron chi connectivity index (χ3n) is 4.18. The molecule has 0 amide bonds. The second kappa shape index (κ2) is 12.2. The van der Waals surface area contributed by atoms with E-state index in [1.807, 2.05) is 24.3 Å². The standard InChI is InChI=1S/C17H27ClN2O.2ClH/c1-19(2)10-7-15-8-11-20(12-9-15)13-14-21-17-5-3-16(18)4-6-17;;/h3-6,15H,7-14H2,1-2H3;2*1H. The fraction of sp³-hybridized carbons (Fsp3) is 0.647. The number of hydrogen-bond donors (Lipinski definition) is 0. The van der Waals surface area contributed by atoms with E-state index >= 15 is 0 Å². The average molecular weight is 384 g/mol. The van der Waals surface area contributed by atoms with Gasteiger partial charge in [0.05, 0.1) is 0 Å². The number of ether oxygens (including phenoxy) is 1. The summed E-state index contributed by atoms with van der Waals surface area (Å²) in [6.07, 6.45) is 3.99. The molecule has 1 fully saturated rings. The Labute approximate surface area is 158 Å². The molecule has 0 aliphatic carbocycles. The lowest BCUT2D eigenvalue weighted by Gasteiger charge is -2.32. The second-order valence-corrected chi connectivity index (χ2v) is 6.62. The molecule has 1 aliphatic heterocycles. The van der Waals surface area contributed by atoms with Crippen LogP contribution in [0.2, 0.25) is 5.02 Å². The molecule has 0 atom stereocenters. The molecule has 0 radical (unpaired) electrons. The molecule has 0 bridgehead atoms. The predicted octanol–water partition coefficient (Wildman–Crippen LogP) is 4.23. The van der Waals surface area contributed by atoms with Gasteiger partial charge in [0.25, 0.3) is 0 Å². The molecule has 134 valence electrons. The highest BCUT2D eigenvalue weighted by Gasteiger charge is 2.18. The first-order valence-electron chi connectivity index (χ1n) is 7.89. The summed E-state index contributed by atoms with van der Waals surface area (Å²) in [5.74, 6) is 1.81. The van der Waals surface area contributed by atoms with E-state index in [4.69, 9.17) is 16.3 Å². The van der Waals surface area contributed by atoms with E-state index in [1.165, 1.54) is 38.9 Å². The van der Waals surface area contributed by atoms with Crippen molar-refractivity contribution in [2.24, 2.45) is 5.92 Å². The Bertz CT molecular complexity index is 407. The van der Waals surface area contributed by atoms with Crippen molar-refractivity contribution in [3.05, 3.63) is 29.3 Å². The van der Waals surface area contributed by atoms with Crippen molar-refractivity contribution < 1.29 is 4.74 Å². The fourth-order valence-electron chi connectivity index (χ4n) is 2.76. The molecule has 3 nitrogen and oxygen atoms in total. The summed E-state index contributed by atoms with van der Waals surface area (Å²) in [5.41, 5.74) is 0. The lowest BCUT2D eigenvalue weighted by atomic mass is 9.93. The topological polar surface area (TPSA) is 15.7 Å². The summed E-state index contributed by atoms with van der Waals surface area (Å²) in [5, 5.41) is 0.752. The summed E-state index contributed by atoms with van der Waals surface area (Å²) in [4.78, 5) is 4.80. The molecule has 0 spiro atoms. The first kappa shape index (κ1) is 22.8. The Morgan fingerprint density at radius 1 is 1.13 bits per heavy atom. The van der Waals surface area contributed by atoms with Crippen molar-refractivity contribution >= 4 is 36.4 Å². The van der Waals surface area contributed by atoms with Gasteiger partial charge in [-0.05, 0) is 83.2 Å². The first-order chi connectivity index (χ1) is 10.1. The van der Waals surface area contributed by atoms with Crippen LogP contribution in [0.1, 0.15) is 19.3 Å². The summed E-state index contributed by atoms with van der Waals surface area (Å²) < 4.78 is 5.76. The van der Waals surface area contributed by atoms with Crippen LogP contribution in [0.5, 0.6) is 5.75 Å². The van der Waals surface area contributed by atoms with E-state index in [9.17, 15) is 0 Å². The van der Waals surface area contributed by atoms with E-state index < -0.39 is 0 Å². The van der Waals surface area contributed by atoms with Gasteiger partial charge in [0, 0.05) is 11.6 Å². The Hall–Kier alpha value is -0.190. The zero-order valence-electron chi connectivity index (χ0n) is 14.0. The maximum atomic E-state index is 5.86. The Morgan fingerprint density at radius 3 is 2.30 bits per heavy atom. The smallest absolute Gasteiger partial charge is 0.119 e. The fourth-order valence-corrected chi connectivity index (χ4v) is 2.89. The van der Waals surface area contributed by atoms with Crippen LogP contribution in [-0.2, 0) is 0 Å². The minimum absolute atomic E-state index is 0. The van der Waals surface area contributed by atoms with Crippen molar-refractivity contribution in [1.29, 1.82) is 0 Å². The largest absolute Gasteiger partial charge is 0.492 e. The highest BCUT2D eigenvalue weighted by atomic mass is 35.5. The molecule has 1 aromatic rings. The van der Waals surface area contributed by atoms with Crippen molar-refractivity contribution in [2.45, 2.75) is 19.3 Å². The summed E-state index contributed by atoms with van der Waals surface area (Å²) >= 11 is 5.86. The Balaban J connectivity index is 0.00000242. The number of piperidine rings is 1. The number of rotatable bonds is 7. The molecule has 1 aliphatic rings. The van der Waals surface area contributed by atoms with Gasteiger partial charge in [-0.15, -0.1) is 24.8 Å². The molecule has 0 unspecified atom stereocenters. The predicted molar refractivity (Wildman–Crippen MR) is 104 cm³/mol. The van der Waals surface area contributed by atoms with Gasteiger partial charge in [0.15, 0.2) is 0 Å². The molecule has 1 saturated heterocycles. The van der Waals surface area contributed by atoms with E-state index in [1.54, 1.807) is 0 Å². The van der Waals surface area contributed by atoms with Gasteiger partial charge in [-0.2, -0.15) is 0 Å². The molecule has 2 rings (SSSR count). The van der Waals surface area contributed by atoms with Crippen LogP contribution >= 0.6 is 36.4 Å². The summed E-state index contributed by atoms with van der Waals surface area (Å²) in [7, 11) is 4.31. The zero-order chi connectivity index (χ0) is 15.1. The minimum atomic E-state index is 0.